The molecule has 0 saturated carbocycles. The molecule has 1 aliphatic heterocycles. The maximum Gasteiger partial charge on any atom is 0.412 e. The van der Waals surface area contributed by atoms with E-state index in [0.717, 1.165) is 0 Å². The van der Waals surface area contributed by atoms with Gasteiger partial charge in [-0.1, -0.05) is 6.07 Å². The van der Waals surface area contributed by atoms with Crippen molar-refractivity contribution in [3.63, 3.8) is 0 Å². The molecule has 0 aromatic heterocycles. The van der Waals surface area contributed by atoms with Crippen LogP contribution >= 0.6 is 0 Å². The summed E-state index contributed by atoms with van der Waals surface area (Å²) in [5, 5.41) is 5.37. The molecule has 0 bridgehead atoms. The second-order valence-electron chi connectivity index (χ2n) is 7.95. The number of nitrogens with zero attached hydrogens (tertiary/aromatic N) is 1. The van der Waals surface area contributed by atoms with Crippen molar-refractivity contribution in [2.75, 3.05) is 27.2 Å². The molecule has 1 heterocycles. The van der Waals surface area contributed by atoms with E-state index >= 15 is 0 Å². The number of anilines is 3. The van der Waals surface area contributed by atoms with E-state index in [0.29, 0.717) is 35.6 Å². The number of ether oxygens (including phenoxy) is 1. The first kappa shape index (κ1) is 21.6. The third-order valence-electron chi connectivity index (χ3n) is 4.28. The third-order valence-corrected chi connectivity index (χ3v) is 6.15. The number of benzene rings is 2. The number of rotatable bonds is 4. The largest absolute Gasteiger partial charge is 0.444 e. The predicted molar refractivity (Wildman–Crippen MR) is 116 cm³/mol. The van der Waals surface area contributed by atoms with E-state index in [1.54, 1.807) is 69.3 Å². The molecule has 0 unspecified atom stereocenters. The molecule has 9 heteroatoms. The summed E-state index contributed by atoms with van der Waals surface area (Å²) in [5.41, 5.74) is 1.28. The lowest BCUT2D eigenvalue weighted by molar-refractivity contribution is 0.0635. The van der Waals surface area contributed by atoms with Crippen molar-refractivity contribution in [2.24, 2.45) is 0 Å². The minimum atomic E-state index is -3.24. The summed E-state index contributed by atoms with van der Waals surface area (Å²) >= 11 is 0. The summed E-state index contributed by atoms with van der Waals surface area (Å²) in [6.07, 6.45) is 0.00149. The number of carbonyl (C=O) groups is 2. The average Bonchev–Trinajstić information content (AvgIpc) is 3.00. The van der Waals surface area contributed by atoms with E-state index in [2.05, 4.69) is 10.6 Å². The fourth-order valence-electron chi connectivity index (χ4n) is 3.00. The van der Waals surface area contributed by atoms with Gasteiger partial charge in [0.1, 0.15) is 5.60 Å². The van der Waals surface area contributed by atoms with Crippen LogP contribution in [-0.2, 0) is 14.8 Å². The zero-order valence-corrected chi connectivity index (χ0v) is 18.0. The standard InChI is InChI=1S/C21H25N3O5S/c1-21(2,3)29-20(26)23-17-7-4-6-15(14-17)19(25)22-16-8-10-18(11-9-16)24-12-5-13-30(24,27)28/h4,6-11,14H,5,12-13H2,1-3H3,(H,22,25)(H,23,26). The molecule has 1 fully saturated rings. The second kappa shape index (κ2) is 8.35. The van der Waals surface area contributed by atoms with Gasteiger partial charge in [0, 0.05) is 23.5 Å². The Morgan fingerprint density at radius 1 is 1.00 bits per heavy atom. The van der Waals surface area contributed by atoms with Gasteiger partial charge < -0.3 is 10.1 Å². The van der Waals surface area contributed by atoms with Crippen LogP contribution in [0.15, 0.2) is 48.5 Å². The van der Waals surface area contributed by atoms with Gasteiger partial charge in [0.2, 0.25) is 10.0 Å². The number of nitrogens with one attached hydrogen (secondary N) is 2. The number of carbonyl (C=O) groups excluding carboxylic acids is 2. The van der Waals surface area contributed by atoms with E-state index in [1.165, 1.54) is 4.31 Å². The molecule has 1 saturated heterocycles. The highest BCUT2D eigenvalue weighted by Crippen LogP contribution is 2.25. The maximum atomic E-state index is 12.6. The van der Waals surface area contributed by atoms with Crippen molar-refractivity contribution in [2.45, 2.75) is 32.8 Å². The zero-order valence-electron chi connectivity index (χ0n) is 17.1. The number of amides is 2. The van der Waals surface area contributed by atoms with Crippen LogP contribution in [0.1, 0.15) is 37.6 Å². The molecule has 30 heavy (non-hydrogen) atoms. The molecule has 8 nitrogen and oxygen atoms in total. The lowest BCUT2D eigenvalue weighted by Crippen LogP contribution is -2.27. The molecule has 160 valence electrons. The summed E-state index contributed by atoms with van der Waals surface area (Å²) in [7, 11) is -3.24. The quantitative estimate of drug-likeness (QED) is 0.766. The topological polar surface area (TPSA) is 105 Å². The Morgan fingerprint density at radius 3 is 2.30 bits per heavy atom. The zero-order chi connectivity index (χ0) is 21.9. The van der Waals surface area contributed by atoms with Crippen molar-refractivity contribution in [1.82, 2.24) is 0 Å². The Kier molecular flexibility index (Phi) is 6.02. The predicted octanol–water partition coefficient (Wildman–Crippen LogP) is 3.83. The summed E-state index contributed by atoms with van der Waals surface area (Å²) < 4.78 is 30.6. The van der Waals surface area contributed by atoms with E-state index < -0.39 is 21.7 Å². The molecule has 2 N–H and O–H groups in total. The van der Waals surface area contributed by atoms with Crippen LogP contribution in [0.5, 0.6) is 0 Å². The highest BCUT2D eigenvalue weighted by atomic mass is 32.2. The van der Waals surface area contributed by atoms with Gasteiger partial charge in [-0.2, -0.15) is 0 Å². The van der Waals surface area contributed by atoms with Gasteiger partial charge >= 0.3 is 6.09 Å². The van der Waals surface area contributed by atoms with Crippen LogP contribution in [0.2, 0.25) is 0 Å². The molecule has 0 radical (unpaired) electrons. The second-order valence-corrected chi connectivity index (χ2v) is 9.96. The summed E-state index contributed by atoms with van der Waals surface area (Å²) in [4.78, 5) is 24.5. The van der Waals surface area contributed by atoms with Crippen molar-refractivity contribution in [3.05, 3.63) is 54.1 Å². The molecule has 2 aromatic rings. The number of sulfonamides is 1. The molecular formula is C21H25N3O5S. The van der Waals surface area contributed by atoms with Gasteiger partial charge in [0.05, 0.1) is 11.4 Å². The lowest BCUT2D eigenvalue weighted by atomic mass is 10.1. The third kappa shape index (κ3) is 5.50. The van der Waals surface area contributed by atoms with Gasteiger partial charge in [-0.25, -0.2) is 13.2 Å². The molecule has 1 aliphatic rings. The van der Waals surface area contributed by atoms with Crippen LogP contribution < -0.4 is 14.9 Å². The van der Waals surface area contributed by atoms with Crippen molar-refractivity contribution < 1.29 is 22.7 Å². The van der Waals surface area contributed by atoms with E-state index in [4.69, 9.17) is 4.74 Å². The fourth-order valence-corrected chi connectivity index (χ4v) is 4.57. The van der Waals surface area contributed by atoms with Crippen LogP contribution in [0.4, 0.5) is 21.9 Å². The highest BCUT2D eigenvalue weighted by Gasteiger charge is 2.28. The van der Waals surface area contributed by atoms with Crippen LogP contribution in [0, 0.1) is 0 Å². The minimum Gasteiger partial charge on any atom is -0.444 e. The molecule has 2 aromatic carbocycles. The van der Waals surface area contributed by atoms with Gasteiger partial charge in [-0.3, -0.25) is 14.4 Å². The summed E-state index contributed by atoms with van der Waals surface area (Å²) in [6.45, 7) is 5.76. The normalized spacial score (nSPS) is 15.5. The van der Waals surface area contributed by atoms with Crippen LogP contribution in [0.25, 0.3) is 0 Å². The van der Waals surface area contributed by atoms with Gasteiger partial charge in [-0.05, 0) is 69.7 Å². The number of hydrogen-bond donors (Lipinski definition) is 2. The first-order valence-electron chi connectivity index (χ1n) is 9.55. The monoisotopic (exact) mass is 431 g/mol. The highest BCUT2D eigenvalue weighted by molar-refractivity contribution is 7.93. The van der Waals surface area contributed by atoms with E-state index in [-0.39, 0.29) is 11.7 Å². The molecule has 3 rings (SSSR count). The van der Waals surface area contributed by atoms with Crippen molar-refractivity contribution in [3.8, 4) is 0 Å². The average molecular weight is 432 g/mol. The summed E-state index contributed by atoms with van der Waals surface area (Å²) in [6, 6.07) is 13.1. The van der Waals surface area contributed by atoms with Gasteiger partial charge in [0.25, 0.3) is 5.91 Å². The molecule has 0 atom stereocenters. The molecule has 2 amide bonds. The molecule has 0 aliphatic carbocycles. The minimum absolute atomic E-state index is 0.152. The first-order chi connectivity index (χ1) is 14.0. The van der Waals surface area contributed by atoms with Gasteiger partial charge in [-0.15, -0.1) is 0 Å². The first-order valence-corrected chi connectivity index (χ1v) is 11.2. The van der Waals surface area contributed by atoms with E-state index in [9.17, 15) is 18.0 Å². The molecule has 0 spiro atoms. The fraction of sp³-hybridized carbons (Fsp3) is 0.333. The van der Waals surface area contributed by atoms with Gasteiger partial charge in [0.15, 0.2) is 0 Å². The van der Waals surface area contributed by atoms with Crippen molar-refractivity contribution in [1.29, 1.82) is 0 Å². The van der Waals surface area contributed by atoms with Crippen molar-refractivity contribution >= 4 is 39.1 Å². The Balaban J connectivity index is 1.65. The van der Waals surface area contributed by atoms with Crippen LogP contribution in [-0.4, -0.2) is 38.3 Å². The lowest BCUT2D eigenvalue weighted by Gasteiger charge is -2.19. The van der Waals surface area contributed by atoms with E-state index in [1.807, 2.05) is 0 Å². The SMILES string of the molecule is CC(C)(C)OC(=O)Nc1cccc(C(=O)Nc2ccc(N3CCCS3(=O)=O)cc2)c1. The number of hydrogen-bond acceptors (Lipinski definition) is 5. The Hall–Kier alpha value is -3.07. The Labute approximate surface area is 176 Å². The smallest absolute Gasteiger partial charge is 0.412 e. The Bertz CT molecular complexity index is 1040. The maximum absolute atomic E-state index is 12.6. The Morgan fingerprint density at radius 2 is 1.70 bits per heavy atom. The van der Waals surface area contributed by atoms with Crippen LogP contribution in [0.3, 0.4) is 0 Å². The molecular weight excluding hydrogens is 406 g/mol. The summed E-state index contributed by atoms with van der Waals surface area (Å²) in [5.74, 6) is -0.205.